The number of hydrogen-bond acceptors (Lipinski definition) is 5. The van der Waals surface area contributed by atoms with Gasteiger partial charge in [-0.05, 0) is 95.7 Å². The molecule has 4 aromatic rings. The van der Waals surface area contributed by atoms with E-state index in [9.17, 15) is 13.2 Å². The maximum atomic E-state index is 13.2. The van der Waals surface area contributed by atoms with Crippen LogP contribution < -0.4 is 9.46 Å². The van der Waals surface area contributed by atoms with Crippen molar-refractivity contribution in [3.63, 3.8) is 0 Å². The summed E-state index contributed by atoms with van der Waals surface area (Å²) < 4.78 is 34.3. The van der Waals surface area contributed by atoms with Crippen LogP contribution in [0, 0.1) is 0 Å². The number of para-hydroxylation sites is 1. The molecule has 0 fully saturated rings. The number of nitrogens with one attached hydrogen (secondary N) is 1. The van der Waals surface area contributed by atoms with Crippen LogP contribution in [-0.4, -0.2) is 33.3 Å². The zero-order chi connectivity index (χ0) is 30.4. The molecule has 0 atom stereocenters. The van der Waals surface area contributed by atoms with Crippen LogP contribution in [0.3, 0.4) is 0 Å². The highest BCUT2D eigenvalue weighted by Crippen LogP contribution is 2.35. The van der Waals surface area contributed by atoms with Crippen molar-refractivity contribution < 1.29 is 17.9 Å². The van der Waals surface area contributed by atoms with E-state index in [0.29, 0.717) is 6.54 Å². The van der Waals surface area contributed by atoms with Crippen molar-refractivity contribution in [2.24, 2.45) is 0 Å². The predicted octanol–water partition coefficient (Wildman–Crippen LogP) is 7.50. The van der Waals surface area contributed by atoms with E-state index in [4.69, 9.17) is 4.74 Å². The van der Waals surface area contributed by atoms with E-state index in [-0.39, 0.29) is 23.2 Å². The van der Waals surface area contributed by atoms with E-state index < -0.39 is 15.9 Å². The monoisotopic (exact) mass is 584 g/mol. The van der Waals surface area contributed by atoms with Gasteiger partial charge in [-0.1, -0.05) is 82.3 Å². The molecule has 0 heterocycles. The molecule has 4 rings (SSSR count). The molecule has 42 heavy (non-hydrogen) atoms. The first-order chi connectivity index (χ1) is 19.9. The number of amides is 1. The predicted molar refractivity (Wildman–Crippen MR) is 169 cm³/mol. The second kappa shape index (κ2) is 13.4. The SMILES string of the molecule is CC(C)c1cc(-c2ccc(Oc3ccccc3)cc2)cc(C(C)C)c1CC(=O)NS(=O)(=O)c1ccc(CN(C)C)cc1. The Balaban J connectivity index is 1.58. The summed E-state index contributed by atoms with van der Waals surface area (Å²) in [7, 11) is -0.0932. The molecule has 1 N–H and O–H groups in total. The first-order valence-electron chi connectivity index (χ1n) is 14.2. The van der Waals surface area contributed by atoms with Crippen LogP contribution in [0.4, 0.5) is 0 Å². The lowest BCUT2D eigenvalue weighted by Crippen LogP contribution is -2.32. The van der Waals surface area contributed by atoms with Crippen molar-refractivity contribution in [2.75, 3.05) is 14.1 Å². The maximum Gasteiger partial charge on any atom is 0.264 e. The van der Waals surface area contributed by atoms with Gasteiger partial charge in [0.1, 0.15) is 11.5 Å². The molecule has 0 aromatic heterocycles. The third kappa shape index (κ3) is 7.87. The van der Waals surface area contributed by atoms with E-state index in [1.807, 2.05) is 73.6 Å². The first-order valence-corrected chi connectivity index (χ1v) is 15.7. The number of carbonyl (C=O) groups excluding carboxylic acids is 1. The number of benzene rings is 4. The van der Waals surface area contributed by atoms with Crippen molar-refractivity contribution in [1.82, 2.24) is 9.62 Å². The molecule has 220 valence electrons. The van der Waals surface area contributed by atoms with E-state index in [0.717, 1.165) is 44.9 Å². The Kier molecular flexibility index (Phi) is 9.86. The molecular weight excluding hydrogens is 544 g/mol. The fraction of sp³-hybridized carbons (Fsp3) is 0.286. The van der Waals surface area contributed by atoms with Gasteiger partial charge in [0.05, 0.1) is 11.3 Å². The molecule has 6 nitrogen and oxygen atoms in total. The van der Waals surface area contributed by atoms with E-state index in [1.54, 1.807) is 24.3 Å². The largest absolute Gasteiger partial charge is 0.457 e. The summed E-state index contributed by atoms with van der Waals surface area (Å²) in [5, 5.41) is 0. The van der Waals surface area contributed by atoms with Gasteiger partial charge >= 0.3 is 0 Å². The van der Waals surface area contributed by atoms with Crippen molar-refractivity contribution >= 4 is 15.9 Å². The Morgan fingerprint density at radius 1 is 0.762 bits per heavy atom. The second-order valence-corrected chi connectivity index (χ2v) is 13.2. The Morgan fingerprint density at radius 2 is 1.31 bits per heavy atom. The van der Waals surface area contributed by atoms with Crippen LogP contribution in [0.5, 0.6) is 11.5 Å². The zero-order valence-corrected chi connectivity index (χ0v) is 26.0. The first kappa shape index (κ1) is 31.0. The lowest BCUT2D eigenvalue weighted by atomic mass is 9.84. The zero-order valence-electron chi connectivity index (χ0n) is 25.2. The summed E-state index contributed by atoms with van der Waals surface area (Å²) in [6.45, 7) is 9.06. The minimum Gasteiger partial charge on any atom is -0.457 e. The molecule has 1 amide bonds. The summed E-state index contributed by atoms with van der Waals surface area (Å²) >= 11 is 0. The summed E-state index contributed by atoms with van der Waals surface area (Å²) in [6.07, 6.45) is -0.0247. The molecule has 4 aromatic carbocycles. The molecule has 0 aliphatic carbocycles. The fourth-order valence-corrected chi connectivity index (χ4v) is 5.99. The van der Waals surface area contributed by atoms with E-state index in [2.05, 4.69) is 44.5 Å². The molecule has 0 radical (unpaired) electrons. The summed E-state index contributed by atoms with van der Waals surface area (Å²) in [4.78, 5) is 15.3. The highest BCUT2D eigenvalue weighted by atomic mass is 32.2. The number of hydrogen-bond donors (Lipinski definition) is 1. The quantitative estimate of drug-likeness (QED) is 0.198. The molecule has 0 aliphatic heterocycles. The van der Waals surface area contributed by atoms with Crippen LogP contribution in [-0.2, 0) is 27.8 Å². The number of nitrogens with zero attached hydrogens (tertiary/aromatic N) is 1. The smallest absolute Gasteiger partial charge is 0.264 e. The van der Waals surface area contributed by atoms with Crippen molar-refractivity contribution in [2.45, 2.75) is 57.4 Å². The van der Waals surface area contributed by atoms with Crippen LogP contribution in [0.2, 0.25) is 0 Å². The highest BCUT2D eigenvalue weighted by molar-refractivity contribution is 7.90. The summed E-state index contributed by atoms with van der Waals surface area (Å²) in [5.41, 5.74) is 6.01. The Hall–Kier alpha value is -3.94. The summed E-state index contributed by atoms with van der Waals surface area (Å²) in [5.74, 6) is 1.24. The third-order valence-corrected chi connectivity index (χ3v) is 8.44. The minimum atomic E-state index is -3.99. The highest BCUT2D eigenvalue weighted by Gasteiger charge is 2.23. The number of ether oxygens (including phenoxy) is 1. The van der Waals surface area contributed by atoms with Gasteiger partial charge in [0.2, 0.25) is 5.91 Å². The topological polar surface area (TPSA) is 75.7 Å². The average Bonchev–Trinajstić information content (AvgIpc) is 2.93. The molecule has 0 bridgehead atoms. The number of sulfonamides is 1. The van der Waals surface area contributed by atoms with Gasteiger partial charge in [0.15, 0.2) is 0 Å². The molecule has 0 saturated carbocycles. The number of carbonyl (C=O) groups is 1. The van der Waals surface area contributed by atoms with Crippen LogP contribution in [0.25, 0.3) is 11.1 Å². The van der Waals surface area contributed by atoms with Gasteiger partial charge in [-0.3, -0.25) is 4.79 Å². The Labute approximate surface area is 250 Å². The van der Waals surface area contributed by atoms with Gasteiger partial charge in [-0.25, -0.2) is 13.1 Å². The lowest BCUT2D eigenvalue weighted by molar-refractivity contribution is -0.118. The van der Waals surface area contributed by atoms with Gasteiger partial charge in [-0.2, -0.15) is 0 Å². The van der Waals surface area contributed by atoms with E-state index in [1.165, 1.54) is 0 Å². The molecule has 0 saturated heterocycles. The maximum absolute atomic E-state index is 13.2. The van der Waals surface area contributed by atoms with Crippen LogP contribution in [0.1, 0.15) is 61.8 Å². The Morgan fingerprint density at radius 3 is 1.83 bits per heavy atom. The summed E-state index contributed by atoms with van der Waals surface area (Å²) in [6, 6.07) is 28.5. The third-order valence-electron chi connectivity index (χ3n) is 7.05. The Bertz CT molecular complexity index is 1580. The van der Waals surface area contributed by atoms with E-state index >= 15 is 0 Å². The van der Waals surface area contributed by atoms with Crippen LogP contribution in [0.15, 0.2) is 95.9 Å². The van der Waals surface area contributed by atoms with Crippen LogP contribution >= 0.6 is 0 Å². The van der Waals surface area contributed by atoms with Crippen molar-refractivity contribution in [3.8, 4) is 22.6 Å². The fourth-order valence-electron chi connectivity index (χ4n) is 5.00. The normalized spacial score (nSPS) is 11.7. The molecule has 0 spiro atoms. The van der Waals surface area contributed by atoms with Crippen molar-refractivity contribution in [3.05, 3.63) is 113 Å². The van der Waals surface area contributed by atoms with Crippen molar-refractivity contribution in [1.29, 1.82) is 0 Å². The molecular formula is C35H40N2O4S. The minimum absolute atomic E-state index is 0.0247. The van der Waals surface area contributed by atoms with Gasteiger partial charge < -0.3 is 9.64 Å². The van der Waals surface area contributed by atoms with Gasteiger partial charge in [-0.15, -0.1) is 0 Å². The number of rotatable bonds is 11. The second-order valence-electron chi connectivity index (χ2n) is 11.5. The molecule has 0 unspecified atom stereocenters. The lowest BCUT2D eigenvalue weighted by Gasteiger charge is -2.22. The molecule has 7 heteroatoms. The van der Waals surface area contributed by atoms with Gasteiger partial charge in [0, 0.05) is 6.54 Å². The average molecular weight is 585 g/mol. The molecule has 0 aliphatic rings. The van der Waals surface area contributed by atoms with Gasteiger partial charge in [0.25, 0.3) is 10.0 Å². The standard InChI is InChI=1S/C35H40N2O4S/c1-24(2)32-20-28(27-14-16-30(17-15-27)41-29-10-8-7-9-11-29)21-33(25(3)4)34(32)22-35(38)36-42(39,40)31-18-12-26(13-19-31)23-37(5)6/h7-21,24-25H,22-23H2,1-6H3,(H,36,38).